The lowest BCUT2D eigenvalue weighted by molar-refractivity contribution is -0.385. The third-order valence-corrected chi connectivity index (χ3v) is 2.88. The summed E-state index contributed by atoms with van der Waals surface area (Å²) >= 11 is 0. The van der Waals surface area contributed by atoms with Crippen LogP contribution in [0.25, 0.3) is 0 Å². The van der Waals surface area contributed by atoms with Crippen LogP contribution >= 0.6 is 0 Å². The van der Waals surface area contributed by atoms with Gasteiger partial charge in [-0.2, -0.15) is 0 Å². The molecule has 1 aromatic carbocycles. The second-order valence-corrected chi connectivity index (χ2v) is 3.98. The Kier molecular flexibility index (Phi) is 2.94. The van der Waals surface area contributed by atoms with Gasteiger partial charge in [-0.1, -0.05) is 0 Å². The average Bonchev–Trinajstić information content (AvgIpc) is 2.30. The topological polar surface area (TPSA) is 66.6 Å². The highest BCUT2D eigenvalue weighted by atomic mass is 16.6. The minimum absolute atomic E-state index is 0.219. The standard InChI is InChI=1S/C11H14N2O3/c14-11-5-4-9(8-10(11)13(15)16)12-6-2-1-3-7-12/h4-5,8,14H,1-3,6-7H2. The number of hydrogen-bond acceptors (Lipinski definition) is 4. The molecule has 0 amide bonds. The van der Waals surface area contributed by atoms with Gasteiger partial charge in [0.25, 0.3) is 0 Å². The van der Waals surface area contributed by atoms with E-state index in [1.807, 2.05) is 0 Å². The lowest BCUT2D eigenvalue weighted by Gasteiger charge is -2.28. The predicted molar refractivity (Wildman–Crippen MR) is 60.8 cm³/mol. The van der Waals surface area contributed by atoms with Crippen LogP contribution in [0.1, 0.15) is 19.3 Å². The van der Waals surface area contributed by atoms with Crippen LogP contribution in [0.15, 0.2) is 18.2 Å². The highest BCUT2D eigenvalue weighted by Gasteiger charge is 2.17. The van der Waals surface area contributed by atoms with Crippen LogP contribution < -0.4 is 4.90 Å². The maximum absolute atomic E-state index is 10.7. The smallest absolute Gasteiger partial charge is 0.312 e. The number of phenolic OH excluding ortho intramolecular Hbond substituents is 1. The number of nitrogens with zero attached hydrogens (tertiary/aromatic N) is 2. The molecule has 0 bridgehead atoms. The largest absolute Gasteiger partial charge is 0.502 e. The fourth-order valence-electron chi connectivity index (χ4n) is 2.01. The molecule has 0 spiro atoms. The molecule has 0 aromatic heterocycles. The molecular weight excluding hydrogens is 208 g/mol. The van der Waals surface area contributed by atoms with Crippen LogP contribution in [0, 0.1) is 10.1 Å². The van der Waals surface area contributed by atoms with Gasteiger partial charge in [-0.15, -0.1) is 0 Å². The molecule has 1 fully saturated rings. The number of nitro benzene ring substituents is 1. The van der Waals surface area contributed by atoms with Crippen molar-refractivity contribution in [3.63, 3.8) is 0 Å². The van der Waals surface area contributed by atoms with Crippen LogP contribution in [-0.2, 0) is 0 Å². The fourth-order valence-corrected chi connectivity index (χ4v) is 2.01. The lowest BCUT2D eigenvalue weighted by Crippen LogP contribution is -2.29. The third kappa shape index (κ3) is 2.08. The number of phenols is 1. The van der Waals surface area contributed by atoms with Crippen LogP contribution in [0.4, 0.5) is 11.4 Å². The Balaban J connectivity index is 2.27. The summed E-state index contributed by atoms with van der Waals surface area (Å²) in [6, 6.07) is 4.57. The predicted octanol–water partition coefficient (Wildman–Crippen LogP) is 2.29. The molecule has 1 aliphatic heterocycles. The Morgan fingerprint density at radius 2 is 1.94 bits per heavy atom. The molecule has 1 aliphatic rings. The van der Waals surface area contributed by atoms with Crippen molar-refractivity contribution >= 4 is 11.4 Å². The zero-order chi connectivity index (χ0) is 11.5. The summed E-state index contributed by atoms with van der Waals surface area (Å²) in [5.41, 5.74) is 0.604. The van der Waals surface area contributed by atoms with Gasteiger partial charge in [-0.25, -0.2) is 0 Å². The van der Waals surface area contributed by atoms with Gasteiger partial charge in [0.15, 0.2) is 5.75 Å². The summed E-state index contributed by atoms with van der Waals surface area (Å²) in [5, 5.41) is 20.0. The van der Waals surface area contributed by atoms with Crippen molar-refractivity contribution in [2.24, 2.45) is 0 Å². The van der Waals surface area contributed by atoms with Gasteiger partial charge in [0.2, 0.25) is 0 Å². The van der Waals surface area contributed by atoms with Gasteiger partial charge < -0.3 is 10.0 Å². The van der Waals surface area contributed by atoms with E-state index in [2.05, 4.69) is 4.90 Å². The number of benzene rings is 1. The van der Waals surface area contributed by atoms with Crippen molar-refractivity contribution in [3.05, 3.63) is 28.3 Å². The number of aromatic hydroxyl groups is 1. The zero-order valence-electron chi connectivity index (χ0n) is 8.93. The van der Waals surface area contributed by atoms with E-state index in [4.69, 9.17) is 0 Å². The van der Waals surface area contributed by atoms with E-state index in [9.17, 15) is 15.2 Å². The van der Waals surface area contributed by atoms with Gasteiger partial charge in [0.05, 0.1) is 4.92 Å². The van der Waals surface area contributed by atoms with E-state index in [-0.39, 0.29) is 11.4 Å². The molecule has 86 valence electrons. The minimum atomic E-state index is -0.553. The molecular formula is C11H14N2O3. The quantitative estimate of drug-likeness (QED) is 0.615. The Morgan fingerprint density at radius 1 is 1.25 bits per heavy atom. The summed E-state index contributed by atoms with van der Waals surface area (Å²) < 4.78 is 0. The lowest BCUT2D eigenvalue weighted by atomic mass is 10.1. The highest BCUT2D eigenvalue weighted by molar-refractivity contribution is 5.59. The Morgan fingerprint density at radius 3 is 2.56 bits per heavy atom. The first-order chi connectivity index (χ1) is 7.68. The minimum Gasteiger partial charge on any atom is -0.502 e. The summed E-state index contributed by atoms with van der Waals surface area (Å²) in [4.78, 5) is 12.3. The molecule has 1 aromatic rings. The molecule has 1 heterocycles. The first-order valence-electron chi connectivity index (χ1n) is 5.41. The second kappa shape index (κ2) is 4.38. The van der Waals surface area contributed by atoms with Crippen LogP contribution in [0.3, 0.4) is 0 Å². The van der Waals surface area contributed by atoms with Gasteiger partial charge in [-0.3, -0.25) is 10.1 Å². The first-order valence-corrected chi connectivity index (χ1v) is 5.41. The van der Waals surface area contributed by atoms with Crippen molar-refractivity contribution in [2.45, 2.75) is 19.3 Å². The van der Waals surface area contributed by atoms with Gasteiger partial charge in [-0.05, 0) is 31.4 Å². The molecule has 0 saturated carbocycles. The summed E-state index contributed by atoms with van der Waals surface area (Å²) in [7, 11) is 0. The molecule has 0 unspecified atom stereocenters. The average molecular weight is 222 g/mol. The zero-order valence-corrected chi connectivity index (χ0v) is 8.93. The summed E-state index contributed by atoms with van der Waals surface area (Å²) in [6.07, 6.45) is 3.46. The van der Waals surface area contributed by atoms with E-state index >= 15 is 0 Å². The van der Waals surface area contributed by atoms with Crippen molar-refractivity contribution in [3.8, 4) is 5.75 Å². The fraction of sp³-hybridized carbons (Fsp3) is 0.455. The number of piperidine rings is 1. The van der Waals surface area contributed by atoms with Gasteiger partial charge >= 0.3 is 5.69 Å². The Labute approximate surface area is 93.5 Å². The van der Waals surface area contributed by atoms with Crippen molar-refractivity contribution in [1.82, 2.24) is 0 Å². The van der Waals surface area contributed by atoms with E-state index in [1.54, 1.807) is 6.07 Å². The normalized spacial score (nSPS) is 16.1. The first kappa shape index (κ1) is 10.7. The number of hydrogen-bond donors (Lipinski definition) is 1. The summed E-state index contributed by atoms with van der Waals surface area (Å²) in [5.74, 6) is -0.272. The molecule has 1 saturated heterocycles. The number of nitro groups is 1. The highest BCUT2D eigenvalue weighted by Crippen LogP contribution is 2.31. The maximum atomic E-state index is 10.7. The number of rotatable bonds is 2. The molecule has 1 N–H and O–H groups in total. The van der Waals surface area contributed by atoms with Crippen molar-refractivity contribution < 1.29 is 10.0 Å². The van der Waals surface area contributed by atoms with E-state index in [0.29, 0.717) is 0 Å². The van der Waals surface area contributed by atoms with Crippen LogP contribution in [0.2, 0.25) is 0 Å². The molecule has 5 heteroatoms. The molecule has 5 nitrogen and oxygen atoms in total. The van der Waals surface area contributed by atoms with Crippen molar-refractivity contribution in [1.29, 1.82) is 0 Å². The van der Waals surface area contributed by atoms with Crippen molar-refractivity contribution in [2.75, 3.05) is 18.0 Å². The monoisotopic (exact) mass is 222 g/mol. The molecule has 0 aliphatic carbocycles. The Bertz CT molecular complexity index is 400. The maximum Gasteiger partial charge on any atom is 0.312 e. The third-order valence-electron chi connectivity index (χ3n) is 2.88. The molecule has 16 heavy (non-hydrogen) atoms. The van der Waals surface area contributed by atoms with Gasteiger partial charge in [0.1, 0.15) is 0 Å². The SMILES string of the molecule is O=[N+]([O-])c1cc(N2CCCCC2)ccc1O. The molecule has 2 rings (SSSR count). The van der Waals surface area contributed by atoms with E-state index in [1.165, 1.54) is 18.6 Å². The van der Waals surface area contributed by atoms with Crippen LogP contribution in [-0.4, -0.2) is 23.1 Å². The van der Waals surface area contributed by atoms with Gasteiger partial charge in [0, 0.05) is 24.8 Å². The van der Waals surface area contributed by atoms with E-state index in [0.717, 1.165) is 31.6 Å². The Hall–Kier alpha value is -1.78. The molecule has 0 radical (unpaired) electrons. The second-order valence-electron chi connectivity index (χ2n) is 3.98. The molecule has 0 atom stereocenters. The van der Waals surface area contributed by atoms with E-state index < -0.39 is 4.92 Å². The summed E-state index contributed by atoms with van der Waals surface area (Å²) in [6.45, 7) is 1.86. The number of anilines is 1. The van der Waals surface area contributed by atoms with Crippen LogP contribution in [0.5, 0.6) is 5.75 Å².